The standard InChI is InChI=1S/C25H27N5O3S/c1-3-32-21-8-7-18(14-22(21)31-2)25-27-19(16-34-25)15-30-12-9-17(10-13-30)24-28-23(29-33-24)20-6-4-5-11-26-20/h4-8,11,14,16-17H,3,9-10,12-13,15H2,1-2H3. The van der Waals surface area contributed by atoms with E-state index in [1.54, 1.807) is 24.6 Å². The van der Waals surface area contributed by atoms with Crippen LogP contribution < -0.4 is 9.47 Å². The van der Waals surface area contributed by atoms with Crippen molar-refractivity contribution in [3.63, 3.8) is 0 Å². The summed E-state index contributed by atoms with van der Waals surface area (Å²) >= 11 is 1.65. The quantitative estimate of drug-likeness (QED) is 0.349. The number of aromatic nitrogens is 4. The number of methoxy groups -OCH3 is 1. The molecular formula is C25H27N5O3S. The van der Waals surface area contributed by atoms with E-state index in [0.29, 0.717) is 18.3 Å². The van der Waals surface area contributed by atoms with E-state index in [0.717, 1.165) is 65.9 Å². The SMILES string of the molecule is CCOc1ccc(-c2nc(CN3CCC(c4nc(-c5ccccn5)no4)CC3)cs2)cc1OC. The molecule has 1 fully saturated rings. The van der Waals surface area contributed by atoms with Gasteiger partial charge in [0, 0.05) is 29.6 Å². The van der Waals surface area contributed by atoms with Crippen LogP contribution in [0.15, 0.2) is 52.5 Å². The molecule has 0 bridgehead atoms. The van der Waals surface area contributed by atoms with Gasteiger partial charge in [0.05, 0.1) is 19.4 Å². The van der Waals surface area contributed by atoms with Gasteiger partial charge in [0.15, 0.2) is 11.5 Å². The van der Waals surface area contributed by atoms with E-state index in [2.05, 4.69) is 25.4 Å². The van der Waals surface area contributed by atoms with Gasteiger partial charge in [-0.1, -0.05) is 11.2 Å². The maximum Gasteiger partial charge on any atom is 0.230 e. The minimum Gasteiger partial charge on any atom is -0.493 e. The van der Waals surface area contributed by atoms with Crippen LogP contribution in [0.4, 0.5) is 0 Å². The molecule has 0 aliphatic carbocycles. The van der Waals surface area contributed by atoms with Crippen molar-refractivity contribution >= 4 is 11.3 Å². The molecule has 176 valence electrons. The van der Waals surface area contributed by atoms with Crippen LogP contribution in [0.5, 0.6) is 11.5 Å². The fraction of sp³-hybridized carbons (Fsp3) is 0.360. The summed E-state index contributed by atoms with van der Waals surface area (Å²) in [7, 11) is 1.66. The first-order valence-corrected chi connectivity index (χ1v) is 12.3. The molecule has 1 aliphatic rings. The van der Waals surface area contributed by atoms with E-state index in [1.165, 1.54) is 0 Å². The van der Waals surface area contributed by atoms with Crippen LogP contribution in [-0.4, -0.2) is 51.8 Å². The first kappa shape index (κ1) is 22.5. The summed E-state index contributed by atoms with van der Waals surface area (Å²) in [5, 5.41) is 7.25. The van der Waals surface area contributed by atoms with E-state index >= 15 is 0 Å². The average Bonchev–Trinajstić information content (AvgIpc) is 3.56. The molecule has 0 saturated carbocycles. The maximum absolute atomic E-state index is 5.62. The van der Waals surface area contributed by atoms with Crippen molar-refractivity contribution < 1.29 is 14.0 Å². The maximum atomic E-state index is 5.62. The van der Waals surface area contributed by atoms with Gasteiger partial charge in [-0.05, 0) is 63.2 Å². The zero-order valence-corrected chi connectivity index (χ0v) is 20.1. The van der Waals surface area contributed by atoms with Crippen molar-refractivity contribution in [2.75, 3.05) is 26.8 Å². The van der Waals surface area contributed by atoms with Gasteiger partial charge in [-0.2, -0.15) is 4.98 Å². The topological polar surface area (TPSA) is 86.4 Å². The Labute approximate surface area is 202 Å². The smallest absolute Gasteiger partial charge is 0.230 e. The van der Waals surface area contributed by atoms with Gasteiger partial charge in [-0.15, -0.1) is 11.3 Å². The van der Waals surface area contributed by atoms with Crippen molar-refractivity contribution in [3.8, 4) is 33.6 Å². The first-order valence-electron chi connectivity index (χ1n) is 11.5. The Morgan fingerprint density at radius 1 is 1.12 bits per heavy atom. The second kappa shape index (κ2) is 10.3. The van der Waals surface area contributed by atoms with E-state index < -0.39 is 0 Å². The van der Waals surface area contributed by atoms with E-state index in [1.807, 2.05) is 43.3 Å². The van der Waals surface area contributed by atoms with Crippen molar-refractivity contribution in [2.45, 2.75) is 32.2 Å². The minimum atomic E-state index is 0.281. The fourth-order valence-electron chi connectivity index (χ4n) is 4.15. The molecule has 5 rings (SSSR count). The van der Waals surface area contributed by atoms with Gasteiger partial charge in [0.1, 0.15) is 10.7 Å². The summed E-state index contributed by atoms with van der Waals surface area (Å²) in [5.41, 5.74) is 2.86. The van der Waals surface area contributed by atoms with Gasteiger partial charge >= 0.3 is 0 Å². The number of ether oxygens (including phenoxy) is 2. The van der Waals surface area contributed by atoms with Crippen molar-refractivity contribution in [3.05, 3.63) is 59.6 Å². The molecule has 0 unspecified atom stereocenters. The third-order valence-electron chi connectivity index (χ3n) is 5.92. The fourth-order valence-corrected chi connectivity index (χ4v) is 4.96. The predicted octanol–water partition coefficient (Wildman–Crippen LogP) is 5.04. The second-order valence-electron chi connectivity index (χ2n) is 8.16. The number of benzene rings is 1. The number of piperidine rings is 1. The monoisotopic (exact) mass is 477 g/mol. The molecule has 3 aromatic heterocycles. The number of hydrogen-bond acceptors (Lipinski definition) is 9. The van der Waals surface area contributed by atoms with E-state index in [4.69, 9.17) is 19.0 Å². The molecule has 0 spiro atoms. The van der Waals surface area contributed by atoms with Crippen LogP contribution in [-0.2, 0) is 6.54 Å². The molecule has 34 heavy (non-hydrogen) atoms. The molecule has 0 amide bonds. The third-order valence-corrected chi connectivity index (χ3v) is 6.86. The number of nitrogens with zero attached hydrogens (tertiary/aromatic N) is 5. The Morgan fingerprint density at radius 3 is 2.76 bits per heavy atom. The number of hydrogen-bond donors (Lipinski definition) is 0. The van der Waals surface area contributed by atoms with Crippen molar-refractivity contribution in [1.29, 1.82) is 0 Å². The molecule has 4 aromatic rings. The molecular weight excluding hydrogens is 450 g/mol. The lowest BCUT2D eigenvalue weighted by atomic mass is 9.96. The summed E-state index contributed by atoms with van der Waals surface area (Å²) < 4.78 is 16.7. The van der Waals surface area contributed by atoms with Crippen molar-refractivity contribution in [2.24, 2.45) is 0 Å². The van der Waals surface area contributed by atoms with Crippen LogP contribution >= 0.6 is 11.3 Å². The van der Waals surface area contributed by atoms with Crippen molar-refractivity contribution in [1.82, 2.24) is 25.0 Å². The lowest BCUT2D eigenvalue weighted by Crippen LogP contribution is -2.32. The largest absolute Gasteiger partial charge is 0.493 e. The highest BCUT2D eigenvalue weighted by atomic mass is 32.1. The van der Waals surface area contributed by atoms with Gasteiger partial charge in [-0.3, -0.25) is 9.88 Å². The molecule has 8 nitrogen and oxygen atoms in total. The normalized spacial score (nSPS) is 14.9. The Balaban J connectivity index is 1.18. The molecule has 9 heteroatoms. The Kier molecular flexibility index (Phi) is 6.82. The van der Waals surface area contributed by atoms with Crippen LogP contribution in [0, 0.1) is 0 Å². The van der Waals surface area contributed by atoms with Crippen LogP contribution in [0.25, 0.3) is 22.1 Å². The lowest BCUT2D eigenvalue weighted by molar-refractivity contribution is 0.186. The Bertz CT molecular complexity index is 1220. The molecule has 1 aliphatic heterocycles. The average molecular weight is 478 g/mol. The molecule has 4 heterocycles. The van der Waals surface area contributed by atoms with Gasteiger partial charge in [0.2, 0.25) is 11.7 Å². The number of likely N-dealkylation sites (tertiary alicyclic amines) is 1. The summed E-state index contributed by atoms with van der Waals surface area (Å²) in [6.07, 6.45) is 3.70. The second-order valence-corrected chi connectivity index (χ2v) is 9.02. The van der Waals surface area contributed by atoms with Gasteiger partial charge in [-0.25, -0.2) is 4.98 Å². The molecule has 0 atom stereocenters. The zero-order valence-electron chi connectivity index (χ0n) is 19.3. The summed E-state index contributed by atoms with van der Waals surface area (Å²) in [4.78, 5) is 16.2. The highest BCUT2D eigenvalue weighted by Gasteiger charge is 2.26. The Hall–Kier alpha value is -3.30. The molecule has 1 aromatic carbocycles. The minimum absolute atomic E-state index is 0.281. The summed E-state index contributed by atoms with van der Waals surface area (Å²) in [6.45, 7) is 5.34. The van der Waals surface area contributed by atoms with Gasteiger partial charge < -0.3 is 14.0 Å². The van der Waals surface area contributed by atoms with Crippen LogP contribution in [0.1, 0.15) is 37.3 Å². The lowest BCUT2D eigenvalue weighted by Gasteiger charge is -2.29. The summed E-state index contributed by atoms with van der Waals surface area (Å²) in [6, 6.07) is 11.7. The highest BCUT2D eigenvalue weighted by Crippen LogP contribution is 2.34. The number of rotatable bonds is 8. The molecule has 0 radical (unpaired) electrons. The predicted molar refractivity (Wildman–Crippen MR) is 130 cm³/mol. The van der Waals surface area contributed by atoms with E-state index in [9.17, 15) is 0 Å². The number of pyridine rings is 1. The van der Waals surface area contributed by atoms with E-state index in [-0.39, 0.29) is 5.92 Å². The van der Waals surface area contributed by atoms with Crippen LogP contribution in [0.3, 0.4) is 0 Å². The number of thiazole rings is 1. The third kappa shape index (κ3) is 4.95. The Morgan fingerprint density at radius 2 is 2.00 bits per heavy atom. The zero-order chi connectivity index (χ0) is 23.3. The first-order chi connectivity index (χ1) is 16.7. The summed E-state index contributed by atoms with van der Waals surface area (Å²) in [5.74, 6) is 3.02. The molecule has 1 saturated heterocycles. The van der Waals surface area contributed by atoms with Gasteiger partial charge in [0.25, 0.3) is 0 Å². The van der Waals surface area contributed by atoms with Crippen LogP contribution in [0.2, 0.25) is 0 Å². The highest BCUT2D eigenvalue weighted by molar-refractivity contribution is 7.13. The molecule has 0 N–H and O–H groups in total.